The van der Waals surface area contributed by atoms with E-state index in [1.165, 1.54) is 0 Å². The second kappa shape index (κ2) is 6.64. The van der Waals surface area contributed by atoms with Gasteiger partial charge in [-0.1, -0.05) is 48.5 Å². The van der Waals surface area contributed by atoms with Crippen molar-refractivity contribution in [1.29, 1.82) is 0 Å². The highest BCUT2D eigenvalue weighted by Gasteiger charge is 2.12. The van der Waals surface area contributed by atoms with Gasteiger partial charge in [0.15, 0.2) is 0 Å². The van der Waals surface area contributed by atoms with E-state index in [0.29, 0.717) is 17.7 Å². The zero-order valence-corrected chi connectivity index (χ0v) is 11.0. The van der Waals surface area contributed by atoms with E-state index < -0.39 is 5.97 Å². The van der Waals surface area contributed by atoms with Crippen molar-refractivity contribution in [1.82, 2.24) is 0 Å². The molecule has 0 aliphatic heterocycles. The molecule has 3 heteroatoms. The van der Waals surface area contributed by atoms with Crippen LogP contribution in [0.5, 0.6) is 5.75 Å². The van der Waals surface area contributed by atoms with Crippen LogP contribution in [0.4, 0.5) is 0 Å². The van der Waals surface area contributed by atoms with E-state index in [2.05, 4.69) is 5.02 Å². The fourth-order valence-electron chi connectivity index (χ4n) is 1.61. The van der Waals surface area contributed by atoms with Gasteiger partial charge in [-0.25, -0.2) is 4.79 Å². The van der Waals surface area contributed by atoms with Crippen LogP contribution in [-0.2, 0) is 11.2 Å². The highest BCUT2D eigenvalue weighted by atomic mass is 32.1. The first-order chi connectivity index (χ1) is 9.29. The lowest BCUT2D eigenvalue weighted by atomic mass is 10.1. The van der Waals surface area contributed by atoms with Crippen molar-refractivity contribution < 1.29 is 9.53 Å². The van der Waals surface area contributed by atoms with Crippen LogP contribution in [0.15, 0.2) is 66.2 Å². The summed E-state index contributed by atoms with van der Waals surface area (Å²) in [5.41, 5.74) is 1.35. The number of para-hydroxylation sites is 1. The lowest BCUT2D eigenvalue weighted by Crippen LogP contribution is -2.13. The van der Waals surface area contributed by atoms with Crippen LogP contribution in [0.25, 0.3) is 0 Å². The van der Waals surface area contributed by atoms with Crippen LogP contribution in [0, 0.1) is 0 Å². The van der Waals surface area contributed by atoms with E-state index in [-0.39, 0.29) is 0 Å². The maximum atomic E-state index is 12.0. The molecule has 0 aliphatic rings. The van der Waals surface area contributed by atoms with Gasteiger partial charge in [-0.2, -0.15) is 0 Å². The number of thiocarbonyl (C=S) groups is 1. The Balaban J connectivity index is 2.07. The molecule has 2 rings (SSSR count). The van der Waals surface area contributed by atoms with E-state index in [1.807, 2.05) is 36.4 Å². The van der Waals surface area contributed by atoms with Gasteiger partial charge < -0.3 is 4.74 Å². The fourth-order valence-corrected chi connectivity index (χ4v) is 1.76. The molecule has 0 saturated heterocycles. The molecular weight excluding hydrogens is 256 g/mol. The topological polar surface area (TPSA) is 26.3 Å². The lowest BCUT2D eigenvalue weighted by molar-refractivity contribution is -0.130. The first-order valence-electron chi connectivity index (χ1n) is 5.84. The van der Waals surface area contributed by atoms with Crippen LogP contribution in [-0.4, -0.2) is 11.0 Å². The van der Waals surface area contributed by atoms with E-state index in [4.69, 9.17) is 17.0 Å². The first kappa shape index (κ1) is 13.2. The third-order valence-electron chi connectivity index (χ3n) is 2.55. The van der Waals surface area contributed by atoms with E-state index >= 15 is 0 Å². The molecule has 2 nitrogen and oxygen atoms in total. The lowest BCUT2D eigenvalue weighted by Gasteiger charge is -2.05. The Morgan fingerprint density at radius 3 is 2.16 bits per heavy atom. The van der Waals surface area contributed by atoms with Crippen molar-refractivity contribution in [3.8, 4) is 5.75 Å². The number of rotatable bonds is 4. The molecule has 19 heavy (non-hydrogen) atoms. The molecule has 2 aromatic carbocycles. The Kier molecular flexibility index (Phi) is 4.62. The molecule has 0 amide bonds. The molecule has 94 valence electrons. The summed E-state index contributed by atoms with van der Waals surface area (Å²) >= 11 is 4.78. The summed E-state index contributed by atoms with van der Waals surface area (Å²) < 4.78 is 5.23. The van der Waals surface area contributed by atoms with Gasteiger partial charge in [-0.15, -0.1) is 0 Å². The van der Waals surface area contributed by atoms with Crippen molar-refractivity contribution >= 4 is 23.2 Å². The molecule has 0 fully saturated rings. The molecule has 0 N–H and O–H groups in total. The van der Waals surface area contributed by atoms with Gasteiger partial charge in [-0.3, -0.25) is 0 Å². The predicted octanol–water partition coefficient (Wildman–Crippen LogP) is 3.36. The Labute approximate surface area is 117 Å². The minimum Gasteiger partial charge on any atom is -0.423 e. The summed E-state index contributed by atoms with van der Waals surface area (Å²) in [6.07, 6.45) is 0.427. The number of hydrogen-bond acceptors (Lipinski definition) is 3. The van der Waals surface area contributed by atoms with Gasteiger partial charge in [0, 0.05) is 6.42 Å². The second-order valence-corrected chi connectivity index (χ2v) is 4.15. The first-order valence-corrected chi connectivity index (χ1v) is 6.25. The summed E-state index contributed by atoms with van der Waals surface area (Å²) in [7, 11) is 0. The van der Waals surface area contributed by atoms with Crippen molar-refractivity contribution in [3.63, 3.8) is 0 Å². The zero-order valence-electron chi connectivity index (χ0n) is 10.2. The van der Waals surface area contributed by atoms with Crippen molar-refractivity contribution in [2.45, 2.75) is 6.42 Å². The molecule has 0 spiro atoms. The summed E-state index contributed by atoms with van der Waals surface area (Å²) in [6, 6.07) is 18.5. The molecule has 2 aromatic rings. The standard InChI is InChI=1S/C16H12O2S/c17-16(18-15-9-5-2-6-10-15)14(12-19)11-13-7-3-1-4-8-13/h1-10H,11H2. The predicted molar refractivity (Wildman–Crippen MR) is 78.3 cm³/mol. The normalized spacial score (nSPS) is 9.47. The molecular formula is C16H12O2S. The van der Waals surface area contributed by atoms with Crippen LogP contribution in [0.1, 0.15) is 5.56 Å². The van der Waals surface area contributed by atoms with Crippen LogP contribution < -0.4 is 4.74 Å². The number of ether oxygens (including phenoxy) is 1. The average molecular weight is 268 g/mol. The van der Waals surface area contributed by atoms with Crippen LogP contribution >= 0.6 is 12.2 Å². The molecule has 0 unspecified atom stereocenters. The Morgan fingerprint density at radius 1 is 1.00 bits per heavy atom. The second-order valence-electron chi connectivity index (χ2n) is 3.95. The maximum absolute atomic E-state index is 12.0. The van der Waals surface area contributed by atoms with Crippen molar-refractivity contribution in [2.24, 2.45) is 0 Å². The maximum Gasteiger partial charge on any atom is 0.348 e. The number of esters is 1. The number of hydrogen-bond donors (Lipinski definition) is 0. The number of carbonyl (C=O) groups is 1. The quantitative estimate of drug-likeness (QED) is 0.368. The molecule has 0 saturated carbocycles. The molecule has 0 aromatic heterocycles. The van der Waals surface area contributed by atoms with E-state index in [1.54, 1.807) is 24.3 Å². The number of benzene rings is 2. The molecule has 0 heterocycles. The summed E-state index contributed by atoms with van der Waals surface area (Å²) in [6.45, 7) is 0. The number of carbonyl (C=O) groups excluding carboxylic acids is 1. The third-order valence-corrected chi connectivity index (χ3v) is 2.79. The average Bonchev–Trinajstić information content (AvgIpc) is 2.47. The van der Waals surface area contributed by atoms with Gasteiger partial charge in [0.05, 0.1) is 5.57 Å². The molecule has 0 atom stereocenters. The highest BCUT2D eigenvalue weighted by Crippen LogP contribution is 2.12. The Bertz CT molecular complexity index is 599. The summed E-state index contributed by atoms with van der Waals surface area (Å²) in [4.78, 5) is 12.0. The van der Waals surface area contributed by atoms with E-state index in [9.17, 15) is 4.79 Å². The fraction of sp³-hybridized carbons (Fsp3) is 0.0625. The Hall–Kier alpha value is -2.22. The van der Waals surface area contributed by atoms with Crippen molar-refractivity contribution in [2.75, 3.05) is 0 Å². The zero-order chi connectivity index (χ0) is 13.5. The van der Waals surface area contributed by atoms with Crippen LogP contribution in [0.2, 0.25) is 0 Å². The van der Waals surface area contributed by atoms with Gasteiger partial charge in [-0.05, 0) is 34.9 Å². The molecule has 0 bridgehead atoms. The summed E-state index contributed by atoms with van der Waals surface area (Å²) in [5.74, 6) is 0.0494. The van der Waals surface area contributed by atoms with Gasteiger partial charge in [0.2, 0.25) is 0 Å². The smallest absolute Gasteiger partial charge is 0.348 e. The highest BCUT2D eigenvalue weighted by molar-refractivity contribution is 7.78. The van der Waals surface area contributed by atoms with Crippen molar-refractivity contribution in [3.05, 3.63) is 71.8 Å². The van der Waals surface area contributed by atoms with E-state index in [0.717, 1.165) is 5.56 Å². The minimum absolute atomic E-state index is 0.352. The van der Waals surface area contributed by atoms with Gasteiger partial charge >= 0.3 is 5.97 Å². The van der Waals surface area contributed by atoms with Crippen LogP contribution in [0.3, 0.4) is 0 Å². The molecule has 0 radical (unpaired) electrons. The SMILES string of the molecule is O=C(Oc1ccccc1)C(=C=S)Cc1ccccc1. The molecule has 0 aliphatic carbocycles. The monoisotopic (exact) mass is 268 g/mol. The van der Waals surface area contributed by atoms with Gasteiger partial charge in [0.25, 0.3) is 0 Å². The third kappa shape index (κ3) is 3.88. The largest absolute Gasteiger partial charge is 0.423 e. The minimum atomic E-state index is -0.454. The van der Waals surface area contributed by atoms with Gasteiger partial charge in [0.1, 0.15) is 5.75 Å². The Morgan fingerprint density at radius 2 is 1.58 bits per heavy atom. The summed E-state index contributed by atoms with van der Waals surface area (Å²) in [5, 5.41) is 2.50.